The largest absolute Gasteiger partial charge is 0.494 e. The standard InChI is InChI=1S/C25H28N2O4/c1-3-30-20-11-7-18(8-12-20)26-24(28)22-16-5-6-17(15-16)23(22)25(29)27-19-9-13-21(14-10-19)31-4-2/h5-14,16-17,22-23H,3-4,15H2,1-2H3,(H,26,28)(H,27,29)/t16-,17-,22-,23-/m1/s1. The lowest BCUT2D eigenvalue weighted by Crippen LogP contribution is -2.39. The van der Waals surface area contributed by atoms with Crippen LogP contribution in [0, 0.1) is 23.7 Å². The van der Waals surface area contributed by atoms with E-state index < -0.39 is 0 Å². The van der Waals surface area contributed by atoms with Gasteiger partial charge in [0.2, 0.25) is 11.8 Å². The Labute approximate surface area is 182 Å². The van der Waals surface area contributed by atoms with E-state index >= 15 is 0 Å². The van der Waals surface area contributed by atoms with Gasteiger partial charge in [0.1, 0.15) is 11.5 Å². The van der Waals surface area contributed by atoms with Crippen molar-refractivity contribution >= 4 is 23.2 Å². The molecule has 0 radical (unpaired) electrons. The summed E-state index contributed by atoms with van der Waals surface area (Å²) < 4.78 is 10.9. The zero-order valence-corrected chi connectivity index (χ0v) is 17.8. The van der Waals surface area contributed by atoms with Crippen molar-refractivity contribution in [2.75, 3.05) is 23.8 Å². The van der Waals surface area contributed by atoms with Gasteiger partial charge in [-0.05, 0) is 80.6 Å². The molecule has 162 valence electrons. The SMILES string of the molecule is CCOc1ccc(NC(=O)[C@H]2[C@H](C(=O)Nc3ccc(OCC)cc3)[C@@H]3C=C[C@@H]2C3)cc1. The van der Waals surface area contributed by atoms with Crippen LogP contribution in [-0.2, 0) is 9.59 Å². The van der Waals surface area contributed by atoms with Gasteiger partial charge in [-0.3, -0.25) is 9.59 Å². The van der Waals surface area contributed by atoms with Crippen LogP contribution in [0.15, 0.2) is 60.7 Å². The lowest BCUT2D eigenvalue weighted by molar-refractivity contribution is -0.129. The number of amides is 2. The molecule has 2 aliphatic rings. The van der Waals surface area contributed by atoms with E-state index in [-0.39, 0.29) is 35.5 Å². The first-order chi connectivity index (χ1) is 15.1. The van der Waals surface area contributed by atoms with Crippen LogP contribution in [0.5, 0.6) is 11.5 Å². The van der Waals surface area contributed by atoms with Gasteiger partial charge in [-0.15, -0.1) is 0 Å². The zero-order chi connectivity index (χ0) is 21.8. The second-order valence-corrected chi connectivity index (χ2v) is 7.89. The number of fused-ring (bicyclic) bond motifs is 2. The minimum Gasteiger partial charge on any atom is -0.494 e. The number of carbonyl (C=O) groups is 2. The first-order valence-electron chi connectivity index (χ1n) is 10.8. The number of carbonyl (C=O) groups excluding carboxylic acids is 2. The molecule has 2 aromatic rings. The number of ether oxygens (including phenoxy) is 2. The van der Waals surface area contributed by atoms with Crippen LogP contribution in [0.1, 0.15) is 20.3 Å². The molecule has 2 aromatic carbocycles. The Kier molecular flexibility index (Phi) is 6.26. The highest BCUT2D eigenvalue weighted by Gasteiger charge is 2.51. The molecule has 1 saturated carbocycles. The van der Waals surface area contributed by atoms with E-state index in [0.29, 0.717) is 24.6 Å². The molecule has 2 amide bonds. The summed E-state index contributed by atoms with van der Waals surface area (Å²) in [6, 6.07) is 14.6. The number of anilines is 2. The van der Waals surface area contributed by atoms with Crippen molar-refractivity contribution in [3.05, 3.63) is 60.7 Å². The Morgan fingerprint density at radius 1 is 0.742 bits per heavy atom. The van der Waals surface area contributed by atoms with Gasteiger partial charge in [-0.2, -0.15) is 0 Å². The number of rotatable bonds is 8. The van der Waals surface area contributed by atoms with E-state index in [2.05, 4.69) is 22.8 Å². The maximum absolute atomic E-state index is 13.1. The lowest BCUT2D eigenvalue weighted by Gasteiger charge is -2.26. The molecule has 6 nitrogen and oxygen atoms in total. The summed E-state index contributed by atoms with van der Waals surface area (Å²) in [5.74, 6) is 0.689. The van der Waals surface area contributed by atoms with Crippen molar-refractivity contribution in [1.82, 2.24) is 0 Å². The second kappa shape index (κ2) is 9.25. The average Bonchev–Trinajstić information content (AvgIpc) is 3.39. The Bertz CT molecular complexity index is 875. The summed E-state index contributed by atoms with van der Waals surface area (Å²) in [4.78, 5) is 26.3. The number of hydrogen-bond donors (Lipinski definition) is 2. The highest BCUT2D eigenvalue weighted by Crippen LogP contribution is 2.48. The Balaban J connectivity index is 1.44. The molecule has 2 bridgehead atoms. The van der Waals surface area contributed by atoms with E-state index in [1.54, 1.807) is 0 Å². The smallest absolute Gasteiger partial charge is 0.228 e. The molecule has 2 N–H and O–H groups in total. The number of allylic oxidation sites excluding steroid dienone is 2. The highest BCUT2D eigenvalue weighted by atomic mass is 16.5. The summed E-state index contributed by atoms with van der Waals surface area (Å²) in [7, 11) is 0. The van der Waals surface area contributed by atoms with Crippen LogP contribution in [0.25, 0.3) is 0 Å². The van der Waals surface area contributed by atoms with E-state index in [0.717, 1.165) is 17.9 Å². The molecule has 31 heavy (non-hydrogen) atoms. The van der Waals surface area contributed by atoms with Crippen molar-refractivity contribution in [3.8, 4) is 11.5 Å². The molecule has 4 rings (SSSR count). The Hall–Kier alpha value is -3.28. The summed E-state index contributed by atoms with van der Waals surface area (Å²) in [6.45, 7) is 5.04. The first-order valence-corrected chi connectivity index (χ1v) is 10.8. The van der Waals surface area contributed by atoms with Gasteiger partial charge in [0.05, 0.1) is 25.0 Å². The van der Waals surface area contributed by atoms with Gasteiger partial charge in [0.15, 0.2) is 0 Å². The fraction of sp³-hybridized carbons (Fsp3) is 0.360. The van der Waals surface area contributed by atoms with E-state index in [9.17, 15) is 9.59 Å². The van der Waals surface area contributed by atoms with Crippen molar-refractivity contribution in [2.24, 2.45) is 23.7 Å². The number of nitrogens with one attached hydrogen (secondary N) is 2. The predicted molar refractivity (Wildman–Crippen MR) is 120 cm³/mol. The van der Waals surface area contributed by atoms with Crippen LogP contribution >= 0.6 is 0 Å². The fourth-order valence-corrected chi connectivity index (χ4v) is 4.59. The second-order valence-electron chi connectivity index (χ2n) is 7.89. The normalized spacial score (nSPS) is 23.4. The third-order valence-electron chi connectivity index (χ3n) is 5.93. The van der Waals surface area contributed by atoms with Crippen molar-refractivity contribution in [2.45, 2.75) is 20.3 Å². The molecular weight excluding hydrogens is 392 g/mol. The maximum Gasteiger partial charge on any atom is 0.228 e. The molecule has 0 aromatic heterocycles. The third-order valence-corrected chi connectivity index (χ3v) is 5.93. The predicted octanol–water partition coefficient (Wildman–Crippen LogP) is 4.50. The summed E-state index contributed by atoms with van der Waals surface area (Å²) >= 11 is 0. The molecule has 1 fully saturated rings. The van der Waals surface area contributed by atoms with Gasteiger partial charge in [-0.25, -0.2) is 0 Å². The molecule has 0 spiro atoms. The quantitative estimate of drug-likeness (QED) is 0.617. The number of benzene rings is 2. The van der Waals surface area contributed by atoms with Crippen molar-refractivity contribution < 1.29 is 19.1 Å². The van der Waals surface area contributed by atoms with Gasteiger partial charge >= 0.3 is 0 Å². The van der Waals surface area contributed by atoms with E-state index in [4.69, 9.17) is 9.47 Å². The van der Waals surface area contributed by atoms with Gasteiger partial charge in [0, 0.05) is 11.4 Å². The molecule has 0 saturated heterocycles. The lowest BCUT2D eigenvalue weighted by atomic mass is 9.81. The van der Waals surface area contributed by atoms with Crippen LogP contribution in [0.3, 0.4) is 0 Å². The van der Waals surface area contributed by atoms with Crippen LogP contribution in [0.2, 0.25) is 0 Å². The van der Waals surface area contributed by atoms with Crippen molar-refractivity contribution in [1.29, 1.82) is 0 Å². The molecule has 6 heteroatoms. The van der Waals surface area contributed by atoms with Gasteiger partial charge in [0.25, 0.3) is 0 Å². The fourth-order valence-electron chi connectivity index (χ4n) is 4.59. The van der Waals surface area contributed by atoms with E-state index in [1.165, 1.54) is 0 Å². The highest BCUT2D eigenvalue weighted by molar-refractivity contribution is 6.01. The Morgan fingerprint density at radius 2 is 1.13 bits per heavy atom. The first kappa shape index (κ1) is 21.0. The molecule has 0 aliphatic heterocycles. The van der Waals surface area contributed by atoms with E-state index in [1.807, 2.05) is 62.4 Å². The topological polar surface area (TPSA) is 76.7 Å². The third kappa shape index (κ3) is 4.58. The average molecular weight is 421 g/mol. The zero-order valence-electron chi connectivity index (χ0n) is 17.8. The molecule has 0 unspecified atom stereocenters. The van der Waals surface area contributed by atoms with Crippen molar-refractivity contribution in [3.63, 3.8) is 0 Å². The van der Waals surface area contributed by atoms with Gasteiger partial charge < -0.3 is 20.1 Å². The molecular formula is C25H28N2O4. The van der Waals surface area contributed by atoms with Gasteiger partial charge in [-0.1, -0.05) is 12.2 Å². The Morgan fingerprint density at radius 3 is 1.48 bits per heavy atom. The summed E-state index contributed by atoms with van der Waals surface area (Å²) in [5.41, 5.74) is 1.40. The van der Waals surface area contributed by atoms with Crippen LogP contribution < -0.4 is 20.1 Å². The minimum absolute atomic E-state index is 0.0868. The molecule has 0 heterocycles. The maximum atomic E-state index is 13.1. The van der Waals surface area contributed by atoms with Crippen LogP contribution in [0.4, 0.5) is 11.4 Å². The summed E-state index contributed by atoms with van der Waals surface area (Å²) in [5, 5.41) is 5.97. The van der Waals surface area contributed by atoms with Crippen LogP contribution in [-0.4, -0.2) is 25.0 Å². The number of hydrogen-bond acceptors (Lipinski definition) is 4. The summed E-state index contributed by atoms with van der Waals surface area (Å²) in [6.07, 6.45) is 4.99. The molecule has 2 aliphatic carbocycles. The molecule has 4 atom stereocenters. The minimum atomic E-state index is -0.385. The monoisotopic (exact) mass is 420 g/mol.